The van der Waals surface area contributed by atoms with Crippen LogP contribution >= 0.6 is 11.6 Å². The molecule has 0 spiro atoms. The Hall–Kier alpha value is -2.39. The highest BCUT2D eigenvalue weighted by Crippen LogP contribution is 2.29. The zero-order valence-corrected chi connectivity index (χ0v) is 12.1. The summed E-state index contributed by atoms with van der Waals surface area (Å²) in [7, 11) is 1.50. The number of likely N-dealkylation sites (N-methyl/N-ethyl adjacent to an activating group) is 1. The van der Waals surface area contributed by atoms with Crippen molar-refractivity contribution in [3.8, 4) is 0 Å². The van der Waals surface area contributed by atoms with Crippen LogP contribution in [0.3, 0.4) is 0 Å². The second-order valence-electron chi connectivity index (χ2n) is 4.82. The second kappa shape index (κ2) is 5.19. The third-order valence-corrected chi connectivity index (χ3v) is 3.72. The van der Waals surface area contributed by atoms with E-state index in [1.807, 2.05) is 18.2 Å². The average molecular weight is 298 g/mol. The summed E-state index contributed by atoms with van der Waals surface area (Å²) < 4.78 is 0. The highest BCUT2D eigenvalue weighted by molar-refractivity contribution is 6.33. The molecule has 0 aliphatic carbocycles. The lowest BCUT2D eigenvalue weighted by Gasteiger charge is -2.25. The summed E-state index contributed by atoms with van der Waals surface area (Å²) in [5, 5.41) is 0.639. The molecule has 0 unspecified atom stereocenters. The molecule has 2 amide bonds. The molecule has 0 bridgehead atoms. The fraction of sp³-hybridized carbons (Fsp3) is 0.0588. The molecule has 0 saturated heterocycles. The number of hydrogen-bond acceptors (Lipinski definition) is 2. The van der Waals surface area contributed by atoms with Crippen molar-refractivity contribution in [2.24, 2.45) is 0 Å². The summed E-state index contributed by atoms with van der Waals surface area (Å²) in [4.78, 5) is 25.7. The van der Waals surface area contributed by atoms with Gasteiger partial charge < -0.3 is 0 Å². The molecule has 21 heavy (non-hydrogen) atoms. The summed E-state index contributed by atoms with van der Waals surface area (Å²) in [6.45, 7) is 0. The van der Waals surface area contributed by atoms with E-state index in [4.69, 9.17) is 11.6 Å². The Morgan fingerprint density at radius 3 is 2.19 bits per heavy atom. The van der Waals surface area contributed by atoms with Crippen LogP contribution in [0.1, 0.15) is 21.5 Å². The van der Waals surface area contributed by atoms with Gasteiger partial charge in [-0.2, -0.15) is 0 Å². The molecule has 104 valence electrons. The van der Waals surface area contributed by atoms with Gasteiger partial charge in [-0.05, 0) is 35.4 Å². The summed E-state index contributed by atoms with van der Waals surface area (Å²) in [6, 6.07) is 14.3. The Kier molecular flexibility index (Phi) is 3.35. The molecule has 0 N–H and O–H groups in total. The lowest BCUT2D eigenvalue weighted by molar-refractivity contribution is -0.121. The highest BCUT2D eigenvalue weighted by atomic mass is 35.5. The largest absolute Gasteiger partial charge is 0.277 e. The Labute approximate surface area is 127 Å². The van der Waals surface area contributed by atoms with Gasteiger partial charge in [-0.1, -0.05) is 41.9 Å². The Morgan fingerprint density at radius 2 is 1.52 bits per heavy atom. The summed E-state index contributed by atoms with van der Waals surface area (Å²) in [5.41, 5.74) is 2.58. The number of nitrogens with zero attached hydrogens (tertiary/aromatic N) is 1. The second-order valence-corrected chi connectivity index (χ2v) is 5.26. The third-order valence-electron chi connectivity index (χ3n) is 3.47. The van der Waals surface area contributed by atoms with Crippen LogP contribution in [-0.2, 0) is 4.79 Å². The number of amides is 2. The standard InChI is InChI=1S/C17H12ClNO2/c1-19-16(20)14-5-3-2-4-13(14)15(17(19)21)10-11-6-8-12(18)9-7-11/h2-10H,1H3/b15-10+. The van der Waals surface area contributed by atoms with Gasteiger partial charge in [-0.3, -0.25) is 14.5 Å². The van der Waals surface area contributed by atoms with E-state index in [1.165, 1.54) is 7.05 Å². The van der Waals surface area contributed by atoms with Crippen molar-refractivity contribution in [1.29, 1.82) is 0 Å². The number of rotatable bonds is 1. The zero-order chi connectivity index (χ0) is 15.0. The lowest BCUT2D eigenvalue weighted by atomic mass is 9.92. The first-order chi connectivity index (χ1) is 10.1. The average Bonchev–Trinajstić information content (AvgIpc) is 2.51. The number of carbonyl (C=O) groups is 2. The molecule has 3 rings (SSSR count). The van der Waals surface area contributed by atoms with Gasteiger partial charge in [-0.25, -0.2) is 0 Å². The van der Waals surface area contributed by atoms with Crippen LogP contribution in [0.2, 0.25) is 5.02 Å². The van der Waals surface area contributed by atoms with E-state index in [9.17, 15) is 9.59 Å². The van der Waals surface area contributed by atoms with Crippen LogP contribution in [-0.4, -0.2) is 23.8 Å². The molecule has 0 radical (unpaired) electrons. The molecule has 2 aromatic rings. The van der Waals surface area contributed by atoms with E-state index in [1.54, 1.807) is 36.4 Å². The molecule has 1 aliphatic rings. The molecule has 2 aromatic carbocycles. The molecular weight excluding hydrogens is 286 g/mol. The van der Waals surface area contributed by atoms with Gasteiger partial charge in [0.05, 0.1) is 0 Å². The molecule has 0 atom stereocenters. The molecule has 3 nitrogen and oxygen atoms in total. The minimum Gasteiger partial charge on any atom is -0.277 e. The maximum Gasteiger partial charge on any atom is 0.261 e. The number of fused-ring (bicyclic) bond motifs is 1. The van der Waals surface area contributed by atoms with Crippen LogP contribution < -0.4 is 0 Å². The number of carbonyl (C=O) groups excluding carboxylic acids is 2. The molecule has 1 heterocycles. The van der Waals surface area contributed by atoms with E-state index in [0.29, 0.717) is 21.7 Å². The number of benzene rings is 2. The van der Waals surface area contributed by atoms with Crippen molar-refractivity contribution in [2.45, 2.75) is 0 Å². The predicted octanol–water partition coefficient (Wildman–Crippen LogP) is 3.49. The van der Waals surface area contributed by atoms with Gasteiger partial charge in [-0.15, -0.1) is 0 Å². The van der Waals surface area contributed by atoms with Crippen molar-refractivity contribution >= 4 is 35.1 Å². The third kappa shape index (κ3) is 2.36. The first-order valence-electron chi connectivity index (χ1n) is 6.47. The van der Waals surface area contributed by atoms with Gasteiger partial charge in [0.2, 0.25) is 0 Å². The normalized spacial score (nSPS) is 16.3. The minimum atomic E-state index is -0.298. The molecular formula is C17H12ClNO2. The zero-order valence-electron chi connectivity index (χ0n) is 11.3. The predicted molar refractivity (Wildman–Crippen MR) is 82.9 cm³/mol. The molecule has 0 aromatic heterocycles. The van der Waals surface area contributed by atoms with Gasteiger partial charge in [0.15, 0.2) is 0 Å². The Balaban J connectivity index is 2.17. The summed E-state index contributed by atoms with van der Waals surface area (Å²) >= 11 is 5.87. The van der Waals surface area contributed by atoms with Gasteiger partial charge in [0.1, 0.15) is 0 Å². The lowest BCUT2D eigenvalue weighted by Crippen LogP contribution is -2.38. The summed E-state index contributed by atoms with van der Waals surface area (Å²) in [6.07, 6.45) is 1.78. The van der Waals surface area contributed by atoms with Gasteiger partial charge >= 0.3 is 0 Å². The summed E-state index contributed by atoms with van der Waals surface area (Å²) in [5.74, 6) is -0.572. The maximum absolute atomic E-state index is 12.4. The maximum atomic E-state index is 12.4. The van der Waals surface area contributed by atoms with Crippen LogP contribution in [0.4, 0.5) is 0 Å². The van der Waals surface area contributed by atoms with Gasteiger partial charge in [0.25, 0.3) is 11.8 Å². The van der Waals surface area contributed by atoms with E-state index in [0.717, 1.165) is 10.5 Å². The smallest absolute Gasteiger partial charge is 0.261 e. The number of hydrogen-bond donors (Lipinski definition) is 0. The molecule has 1 aliphatic heterocycles. The van der Waals surface area contributed by atoms with Crippen molar-refractivity contribution in [2.75, 3.05) is 7.05 Å². The van der Waals surface area contributed by atoms with Crippen molar-refractivity contribution in [3.05, 3.63) is 70.2 Å². The monoisotopic (exact) mass is 297 g/mol. The van der Waals surface area contributed by atoms with Gasteiger partial charge in [0, 0.05) is 23.2 Å². The highest BCUT2D eigenvalue weighted by Gasteiger charge is 2.31. The Bertz CT molecular complexity index is 763. The fourth-order valence-corrected chi connectivity index (χ4v) is 2.46. The van der Waals surface area contributed by atoms with E-state index < -0.39 is 0 Å². The van der Waals surface area contributed by atoms with Crippen molar-refractivity contribution in [1.82, 2.24) is 4.90 Å². The Morgan fingerprint density at radius 1 is 0.905 bits per heavy atom. The van der Waals surface area contributed by atoms with Crippen LogP contribution in [0.5, 0.6) is 0 Å². The minimum absolute atomic E-state index is 0.274. The van der Waals surface area contributed by atoms with E-state index in [-0.39, 0.29) is 11.8 Å². The van der Waals surface area contributed by atoms with E-state index >= 15 is 0 Å². The molecule has 0 saturated carbocycles. The van der Waals surface area contributed by atoms with Crippen LogP contribution in [0, 0.1) is 0 Å². The van der Waals surface area contributed by atoms with Crippen molar-refractivity contribution in [3.63, 3.8) is 0 Å². The topological polar surface area (TPSA) is 37.4 Å². The van der Waals surface area contributed by atoms with Crippen molar-refractivity contribution < 1.29 is 9.59 Å². The number of imide groups is 1. The fourth-order valence-electron chi connectivity index (χ4n) is 2.34. The quantitative estimate of drug-likeness (QED) is 0.597. The number of halogens is 1. The van der Waals surface area contributed by atoms with Crippen LogP contribution in [0.25, 0.3) is 11.6 Å². The first-order valence-corrected chi connectivity index (χ1v) is 6.85. The molecule has 0 fully saturated rings. The van der Waals surface area contributed by atoms with E-state index in [2.05, 4.69) is 0 Å². The first kappa shape index (κ1) is 13.6. The molecule has 4 heteroatoms. The van der Waals surface area contributed by atoms with Crippen LogP contribution in [0.15, 0.2) is 48.5 Å². The SMILES string of the molecule is CN1C(=O)/C(=C/c2ccc(Cl)cc2)c2ccccc2C1=O.